The predicted octanol–water partition coefficient (Wildman–Crippen LogP) is 2.69. The van der Waals surface area contributed by atoms with Gasteiger partial charge >= 0.3 is 5.69 Å². The second kappa shape index (κ2) is 7.43. The molecule has 0 aliphatic carbocycles. The molecule has 3 rings (SSSR count). The van der Waals surface area contributed by atoms with Crippen molar-refractivity contribution in [2.45, 2.75) is 13.8 Å². The van der Waals surface area contributed by atoms with E-state index in [1.165, 1.54) is 6.33 Å². The van der Waals surface area contributed by atoms with E-state index in [-0.39, 0.29) is 5.69 Å². The molecule has 0 saturated carbocycles. The number of nitrogens with zero attached hydrogens (tertiary/aromatic N) is 5. The Morgan fingerprint density at radius 2 is 2.08 bits per heavy atom. The Hall–Kier alpha value is -2.74. The number of anilines is 3. The minimum Gasteiger partial charge on any atom is -0.378 e. The van der Waals surface area contributed by atoms with E-state index < -0.39 is 4.92 Å². The van der Waals surface area contributed by atoms with E-state index in [1.807, 2.05) is 47.9 Å². The van der Waals surface area contributed by atoms with E-state index in [9.17, 15) is 10.1 Å². The molecule has 0 radical (unpaired) electrons. The molecule has 2 heterocycles. The van der Waals surface area contributed by atoms with Crippen LogP contribution in [0.15, 0.2) is 30.6 Å². The monoisotopic (exact) mass is 343 g/mol. The molecule has 0 spiro atoms. The summed E-state index contributed by atoms with van der Waals surface area (Å²) in [7, 11) is 0. The largest absolute Gasteiger partial charge is 0.378 e. The van der Waals surface area contributed by atoms with Gasteiger partial charge in [-0.05, 0) is 31.5 Å². The summed E-state index contributed by atoms with van der Waals surface area (Å²) >= 11 is 0. The van der Waals surface area contributed by atoms with Crippen LogP contribution in [0.1, 0.15) is 12.5 Å². The molecule has 132 valence electrons. The minimum atomic E-state index is -0.390. The predicted molar refractivity (Wildman–Crippen MR) is 95.6 cm³/mol. The summed E-state index contributed by atoms with van der Waals surface area (Å²) in [6.07, 6.45) is 1.39. The molecular formula is C17H21N5O3. The number of aromatic nitrogens is 2. The fourth-order valence-corrected chi connectivity index (χ4v) is 2.98. The molecule has 25 heavy (non-hydrogen) atoms. The summed E-state index contributed by atoms with van der Waals surface area (Å²) in [6.45, 7) is 6.72. The first kappa shape index (κ1) is 17.1. The van der Waals surface area contributed by atoms with Gasteiger partial charge < -0.3 is 14.5 Å². The highest BCUT2D eigenvalue weighted by molar-refractivity contribution is 5.76. The quantitative estimate of drug-likeness (QED) is 0.609. The van der Waals surface area contributed by atoms with Crippen molar-refractivity contribution < 1.29 is 9.66 Å². The number of hydrogen-bond acceptors (Lipinski definition) is 7. The van der Waals surface area contributed by atoms with E-state index in [4.69, 9.17) is 4.74 Å². The Labute approximate surface area is 146 Å². The van der Waals surface area contributed by atoms with Crippen LogP contribution in [0, 0.1) is 17.0 Å². The van der Waals surface area contributed by atoms with E-state index in [2.05, 4.69) is 9.97 Å². The molecule has 8 nitrogen and oxygen atoms in total. The van der Waals surface area contributed by atoms with E-state index in [1.54, 1.807) is 0 Å². The van der Waals surface area contributed by atoms with Gasteiger partial charge in [0.05, 0.1) is 18.1 Å². The van der Waals surface area contributed by atoms with E-state index in [0.29, 0.717) is 44.5 Å². The highest BCUT2D eigenvalue weighted by Crippen LogP contribution is 2.37. The van der Waals surface area contributed by atoms with Crippen LogP contribution < -0.4 is 9.80 Å². The number of benzene rings is 1. The Morgan fingerprint density at radius 3 is 2.72 bits per heavy atom. The van der Waals surface area contributed by atoms with Crippen LogP contribution in [-0.2, 0) is 4.74 Å². The van der Waals surface area contributed by atoms with Gasteiger partial charge in [0.1, 0.15) is 6.33 Å². The van der Waals surface area contributed by atoms with Crippen molar-refractivity contribution in [3.05, 3.63) is 46.3 Å². The first-order chi connectivity index (χ1) is 12.1. The fourth-order valence-electron chi connectivity index (χ4n) is 2.98. The van der Waals surface area contributed by atoms with Gasteiger partial charge in [0.25, 0.3) is 0 Å². The maximum absolute atomic E-state index is 11.8. The molecule has 0 N–H and O–H groups in total. The molecule has 1 aliphatic rings. The zero-order chi connectivity index (χ0) is 17.8. The van der Waals surface area contributed by atoms with Crippen molar-refractivity contribution >= 4 is 23.0 Å². The average molecular weight is 343 g/mol. The lowest BCUT2D eigenvalue weighted by atomic mass is 10.2. The molecule has 0 atom stereocenters. The second-order valence-electron chi connectivity index (χ2n) is 5.81. The van der Waals surface area contributed by atoms with Crippen LogP contribution >= 0.6 is 0 Å². The van der Waals surface area contributed by atoms with Gasteiger partial charge in [0, 0.05) is 25.3 Å². The zero-order valence-corrected chi connectivity index (χ0v) is 14.4. The Kier molecular flexibility index (Phi) is 5.08. The van der Waals surface area contributed by atoms with Crippen LogP contribution in [-0.4, -0.2) is 47.7 Å². The molecule has 1 fully saturated rings. The van der Waals surface area contributed by atoms with Crippen molar-refractivity contribution in [2.75, 3.05) is 42.6 Å². The Morgan fingerprint density at radius 1 is 1.32 bits per heavy atom. The van der Waals surface area contributed by atoms with Crippen molar-refractivity contribution in [3.8, 4) is 0 Å². The maximum atomic E-state index is 11.8. The first-order valence-electron chi connectivity index (χ1n) is 8.28. The molecule has 8 heteroatoms. The fraction of sp³-hybridized carbons (Fsp3) is 0.412. The lowest BCUT2D eigenvalue weighted by Gasteiger charge is -2.29. The van der Waals surface area contributed by atoms with Crippen LogP contribution in [0.3, 0.4) is 0 Å². The number of aryl methyl sites for hydroxylation is 1. The SMILES string of the molecule is CCN(c1cccc(C)c1)c1ncnc(N2CCOCC2)c1[N+](=O)[O-]. The number of morpholine rings is 1. The third-order valence-corrected chi connectivity index (χ3v) is 4.16. The average Bonchev–Trinajstić information content (AvgIpc) is 2.63. The second-order valence-corrected chi connectivity index (χ2v) is 5.81. The summed E-state index contributed by atoms with van der Waals surface area (Å²) < 4.78 is 5.34. The molecule has 0 unspecified atom stereocenters. The topological polar surface area (TPSA) is 84.6 Å². The standard InChI is InChI=1S/C17H21N5O3/c1-3-21(14-6-4-5-13(2)11-14)17-15(22(23)24)16(18-12-19-17)20-7-9-25-10-8-20/h4-6,11-12H,3,7-10H2,1-2H3. The van der Waals surface area contributed by atoms with Gasteiger partial charge in [0.15, 0.2) is 0 Å². The minimum absolute atomic E-state index is 0.0623. The van der Waals surface area contributed by atoms with E-state index >= 15 is 0 Å². The number of hydrogen-bond donors (Lipinski definition) is 0. The van der Waals surface area contributed by atoms with Gasteiger partial charge in [-0.3, -0.25) is 10.1 Å². The number of rotatable bonds is 5. The van der Waals surface area contributed by atoms with Crippen molar-refractivity contribution in [1.82, 2.24) is 9.97 Å². The number of ether oxygens (including phenoxy) is 1. The number of nitro groups is 1. The highest BCUT2D eigenvalue weighted by atomic mass is 16.6. The van der Waals surface area contributed by atoms with Gasteiger partial charge in [-0.25, -0.2) is 9.97 Å². The van der Waals surface area contributed by atoms with Crippen LogP contribution in [0.5, 0.6) is 0 Å². The molecule has 0 amide bonds. The van der Waals surface area contributed by atoms with Crippen LogP contribution in [0.4, 0.5) is 23.0 Å². The molecule has 1 aromatic heterocycles. The lowest BCUT2D eigenvalue weighted by Crippen LogP contribution is -2.37. The highest BCUT2D eigenvalue weighted by Gasteiger charge is 2.30. The van der Waals surface area contributed by atoms with Crippen molar-refractivity contribution in [3.63, 3.8) is 0 Å². The molecular weight excluding hydrogens is 322 g/mol. The van der Waals surface area contributed by atoms with Gasteiger partial charge in [-0.2, -0.15) is 0 Å². The molecule has 1 aliphatic heterocycles. The smallest absolute Gasteiger partial charge is 0.353 e. The normalized spacial score (nSPS) is 14.4. The van der Waals surface area contributed by atoms with Gasteiger partial charge in [-0.15, -0.1) is 0 Å². The molecule has 1 aromatic carbocycles. The van der Waals surface area contributed by atoms with Crippen LogP contribution in [0.25, 0.3) is 0 Å². The summed E-state index contributed by atoms with van der Waals surface area (Å²) in [6, 6.07) is 7.84. The zero-order valence-electron chi connectivity index (χ0n) is 14.4. The molecule has 2 aromatic rings. The van der Waals surface area contributed by atoms with Crippen LogP contribution in [0.2, 0.25) is 0 Å². The molecule has 0 bridgehead atoms. The third-order valence-electron chi connectivity index (χ3n) is 4.16. The summed E-state index contributed by atoms with van der Waals surface area (Å²) in [5, 5.41) is 11.8. The molecule has 1 saturated heterocycles. The Bertz CT molecular complexity index is 762. The lowest BCUT2D eigenvalue weighted by molar-refractivity contribution is -0.383. The van der Waals surface area contributed by atoms with Crippen molar-refractivity contribution in [1.29, 1.82) is 0 Å². The van der Waals surface area contributed by atoms with Gasteiger partial charge in [-0.1, -0.05) is 12.1 Å². The Balaban J connectivity index is 2.09. The summed E-state index contributed by atoms with van der Waals surface area (Å²) in [4.78, 5) is 23.6. The third kappa shape index (κ3) is 3.53. The van der Waals surface area contributed by atoms with E-state index in [0.717, 1.165) is 11.3 Å². The summed E-state index contributed by atoms with van der Waals surface area (Å²) in [5.41, 5.74) is 1.89. The summed E-state index contributed by atoms with van der Waals surface area (Å²) in [5.74, 6) is 0.666. The van der Waals surface area contributed by atoms with Gasteiger partial charge in [0.2, 0.25) is 11.6 Å². The maximum Gasteiger partial charge on any atom is 0.353 e. The first-order valence-corrected chi connectivity index (χ1v) is 8.28. The van der Waals surface area contributed by atoms with Crippen molar-refractivity contribution in [2.24, 2.45) is 0 Å².